The summed E-state index contributed by atoms with van der Waals surface area (Å²) in [4.78, 5) is 26.1. The molecular formula is C52H95NO5. The number of rotatable bonds is 44. The third-order valence-corrected chi connectivity index (χ3v) is 11.2. The molecule has 0 aromatic rings. The van der Waals surface area contributed by atoms with Gasteiger partial charge in [0.05, 0.1) is 25.2 Å². The van der Waals surface area contributed by atoms with Crippen molar-refractivity contribution in [1.29, 1.82) is 0 Å². The Morgan fingerprint density at radius 3 is 1.47 bits per heavy atom. The van der Waals surface area contributed by atoms with Gasteiger partial charge in [-0.1, -0.05) is 211 Å². The molecule has 0 aromatic carbocycles. The molecule has 0 aliphatic carbocycles. The average molecular weight is 814 g/mol. The third-order valence-electron chi connectivity index (χ3n) is 11.2. The quantitative estimate of drug-likeness (QED) is 0.0246. The van der Waals surface area contributed by atoms with E-state index in [0.29, 0.717) is 19.3 Å². The Labute approximate surface area is 359 Å². The van der Waals surface area contributed by atoms with E-state index in [4.69, 9.17) is 4.74 Å². The number of hydrogen-bond acceptors (Lipinski definition) is 5. The van der Waals surface area contributed by atoms with E-state index in [0.717, 1.165) is 70.6 Å². The molecule has 0 heterocycles. The fourth-order valence-corrected chi connectivity index (χ4v) is 7.42. The van der Waals surface area contributed by atoms with Gasteiger partial charge in [-0.15, -0.1) is 0 Å². The van der Waals surface area contributed by atoms with Gasteiger partial charge >= 0.3 is 5.97 Å². The van der Waals surface area contributed by atoms with Gasteiger partial charge in [-0.2, -0.15) is 0 Å². The highest BCUT2D eigenvalue weighted by atomic mass is 16.5. The molecule has 0 aromatic heterocycles. The average Bonchev–Trinajstić information content (AvgIpc) is 3.22. The van der Waals surface area contributed by atoms with Crippen molar-refractivity contribution in [3.8, 4) is 0 Å². The molecule has 3 unspecified atom stereocenters. The maximum atomic E-state index is 13.1. The van der Waals surface area contributed by atoms with Gasteiger partial charge in [0.2, 0.25) is 5.91 Å². The van der Waals surface area contributed by atoms with Gasteiger partial charge in [-0.05, 0) is 70.6 Å². The Hall–Kier alpha value is -2.18. The minimum absolute atomic E-state index is 0.0532. The van der Waals surface area contributed by atoms with Crippen molar-refractivity contribution in [3.05, 3.63) is 48.6 Å². The molecule has 0 aliphatic heterocycles. The van der Waals surface area contributed by atoms with Crippen LogP contribution in [0.5, 0.6) is 0 Å². The molecule has 0 rings (SSSR count). The van der Waals surface area contributed by atoms with Crippen molar-refractivity contribution < 1.29 is 24.5 Å². The van der Waals surface area contributed by atoms with Crippen molar-refractivity contribution in [1.82, 2.24) is 5.32 Å². The van der Waals surface area contributed by atoms with Gasteiger partial charge in [0, 0.05) is 6.42 Å². The number of unbranched alkanes of at least 4 members (excludes halogenated alkanes) is 26. The number of carbonyl (C=O) groups excluding carboxylic acids is 2. The molecule has 0 saturated carbocycles. The van der Waals surface area contributed by atoms with Crippen LogP contribution in [0.3, 0.4) is 0 Å². The van der Waals surface area contributed by atoms with Gasteiger partial charge in [-0.25, -0.2) is 0 Å². The molecule has 0 aliphatic rings. The number of ether oxygens (including phenoxy) is 1. The van der Waals surface area contributed by atoms with Gasteiger partial charge in [0.1, 0.15) is 6.10 Å². The van der Waals surface area contributed by atoms with Crippen molar-refractivity contribution in [2.75, 3.05) is 6.61 Å². The zero-order chi connectivity index (χ0) is 42.4. The summed E-state index contributed by atoms with van der Waals surface area (Å²) < 4.78 is 5.90. The summed E-state index contributed by atoms with van der Waals surface area (Å²) in [5.74, 6) is -0.511. The number of amides is 1. The molecule has 1 amide bonds. The maximum absolute atomic E-state index is 13.1. The molecule has 58 heavy (non-hydrogen) atoms. The lowest BCUT2D eigenvalue weighted by Gasteiger charge is -2.24. The lowest BCUT2D eigenvalue weighted by molar-refractivity contribution is -0.151. The summed E-state index contributed by atoms with van der Waals surface area (Å²) in [6.45, 7) is 6.32. The summed E-state index contributed by atoms with van der Waals surface area (Å²) >= 11 is 0. The Balaban J connectivity index is 4.55. The lowest BCUT2D eigenvalue weighted by Crippen LogP contribution is -2.46. The lowest BCUT2D eigenvalue weighted by atomic mass is 10.0. The molecule has 0 spiro atoms. The monoisotopic (exact) mass is 814 g/mol. The molecule has 3 atom stereocenters. The fourth-order valence-electron chi connectivity index (χ4n) is 7.42. The summed E-state index contributed by atoms with van der Waals surface area (Å²) in [6.07, 6.45) is 54.6. The maximum Gasteiger partial charge on any atom is 0.306 e. The topological polar surface area (TPSA) is 95.9 Å². The van der Waals surface area contributed by atoms with Crippen LogP contribution in [0.25, 0.3) is 0 Å². The number of carbonyl (C=O) groups is 2. The second kappa shape index (κ2) is 45.9. The molecule has 6 heteroatoms. The SMILES string of the molecule is CC/C=C/C=C/C=C\CCCCCC(CC(=O)NC(CO)C(O)CCCCCCCCCCCCC)OC(=O)CCCCCCCCC/C=C/CCCCCCCC. The molecule has 0 saturated heterocycles. The Kier molecular flexibility index (Phi) is 44.2. The highest BCUT2D eigenvalue weighted by Crippen LogP contribution is 2.17. The van der Waals surface area contributed by atoms with Crippen molar-refractivity contribution in [2.24, 2.45) is 0 Å². The molecule has 6 nitrogen and oxygen atoms in total. The van der Waals surface area contributed by atoms with E-state index >= 15 is 0 Å². The summed E-state index contributed by atoms with van der Waals surface area (Å²) in [5, 5.41) is 23.7. The van der Waals surface area contributed by atoms with Crippen LogP contribution >= 0.6 is 0 Å². The Morgan fingerprint density at radius 1 is 0.517 bits per heavy atom. The second-order valence-corrected chi connectivity index (χ2v) is 16.9. The smallest absolute Gasteiger partial charge is 0.306 e. The minimum Gasteiger partial charge on any atom is -0.462 e. The standard InChI is InChI=1S/C52H95NO5/c1-4-7-10-13-16-19-22-23-24-25-26-27-30-33-36-39-42-45-52(57)58-48(43-40-37-34-31-28-20-17-14-11-8-5-2)46-51(56)53-49(47-54)50(55)44-41-38-35-32-29-21-18-15-12-9-6-3/h8,11,14,17,20,23-24,28,48-50,54-55H,4-7,9-10,12-13,15-16,18-19,21-22,25-27,29-47H2,1-3H3,(H,53,56)/b11-8+,17-14+,24-23+,28-20-. The summed E-state index contributed by atoms with van der Waals surface area (Å²) in [6, 6.07) is -0.711. The normalized spacial score (nSPS) is 13.7. The van der Waals surface area contributed by atoms with Crippen molar-refractivity contribution >= 4 is 11.9 Å². The summed E-state index contributed by atoms with van der Waals surface area (Å²) in [7, 11) is 0. The zero-order valence-corrected chi connectivity index (χ0v) is 38.4. The molecule has 338 valence electrons. The van der Waals surface area contributed by atoms with E-state index in [-0.39, 0.29) is 24.9 Å². The molecule has 3 N–H and O–H groups in total. The third kappa shape index (κ3) is 40.6. The first-order valence-corrected chi connectivity index (χ1v) is 24.9. The van der Waals surface area contributed by atoms with Crippen LogP contribution in [-0.4, -0.2) is 46.9 Å². The second-order valence-electron chi connectivity index (χ2n) is 16.9. The first-order valence-electron chi connectivity index (χ1n) is 24.9. The van der Waals surface area contributed by atoms with Crippen LogP contribution in [0.15, 0.2) is 48.6 Å². The van der Waals surface area contributed by atoms with Gasteiger partial charge in [-0.3, -0.25) is 9.59 Å². The molecule has 0 bridgehead atoms. The van der Waals surface area contributed by atoms with Crippen LogP contribution in [-0.2, 0) is 14.3 Å². The number of nitrogens with one attached hydrogen (secondary N) is 1. The fraction of sp³-hybridized carbons (Fsp3) is 0.808. The largest absolute Gasteiger partial charge is 0.462 e. The highest BCUT2D eigenvalue weighted by Gasteiger charge is 2.24. The Bertz CT molecular complexity index is 1000. The number of hydrogen-bond donors (Lipinski definition) is 3. The molecular weight excluding hydrogens is 719 g/mol. The number of esters is 1. The number of aliphatic hydroxyl groups excluding tert-OH is 2. The van der Waals surface area contributed by atoms with Gasteiger partial charge < -0.3 is 20.3 Å². The zero-order valence-electron chi connectivity index (χ0n) is 38.4. The van der Waals surface area contributed by atoms with Crippen LogP contribution in [0.4, 0.5) is 0 Å². The highest BCUT2D eigenvalue weighted by molar-refractivity contribution is 5.77. The van der Waals surface area contributed by atoms with E-state index in [1.165, 1.54) is 128 Å². The first kappa shape index (κ1) is 55.8. The molecule has 0 radical (unpaired) electrons. The predicted octanol–water partition coefficient (Wildman–Crippen LogP) is 14.7. The number of allylic oxidation sites excluding steroid dienone is 8. The van der Waals surface area contributed by atoms with Crippen LogP contribution in [0, 0.1) is 0 Å². The van der Waals surface area contributed by atoms with Crippen molar-refractivity contribution in [3.63, 3.8) is 0 Å². The predicted molar refractivity (Wildman–Crippen MR) is 250 cm³/mol. The van der Waals surface area contributed by atoms with E-state index in [9.17, 15) is 19.8 Å². The van der Waals surface area contributed by atoms with Crippen LogP contribution in [0.1, 0.15) is 245 Å². The van der Waals surface area contributed by atoms with E-state index in [2.05, 4.69) is 62.5 Å². The first-order chi connectivity index (χ1) is 28.5. The van der Waals surface area contributed by atoms with Crippen LogP contribution < -0.4 is 5.32 Å². The van der Waals surface area contributed by atoms with Crippen molar-refractivity contribution in [2.45, 2.75) is 264 Å². The number of aliphatic hydroxyl groups is 2. The summed E-state index contributed by atoms with van der Waals surface area (Å²) in [5.41, 5.74) is 0. The van der Waals surface area contributed by atoms with E-state index < -0.39 is 18.2 Å². The van der Waals surface area contributed by atoms with Crippen LogP contribution in [0.2, 0.25) is 0 Å². The molecule has 0 fully saturated rings. The van der Waals surface area contributed by atoms with Gasteiger partial charge in [0.25, 0.3) is 0 Å². The van der Waals surface area contributed by atoms with E-state index in [1.54, 1.807) is 0 Å². The Morgan fingerprint density at radius 2 is 0.948 bits per heavy atom. The minimum atomic E-state index is -0.796. The van der Waals surface area contributed by atoms with E-state index in [1.807, 2.05) is 12.2 Å². The van der Waals surface area contributed by atoms with Gasteiger partial charge in [0.15, 0.2) is 0 Å².